The monoisotopic (exact) mass is 343 g/mol. The SMILES string of the molecule is CC(c1ccccc1)n1c(NC(=O)c2cnccn2)nc2ccccc21. The molecule has 6 heteroatoms. The van der Waals surface area contributed by atoms with Gasteiger partial charge in [-0.25, -0.2) is 9.97 Å². The van der Waals surface area contributed by atoms with E-state index >= 15 is 0 Å². The molecule has 128 valence electrons. The van der Waals surface area contributed by atoms with Crippen molar-refractivity contribution in [2.45, 2.75) is 13.0 Å². The predicted octanol–water partition coefficient (Wildman–Crippen LogP) is 3.69. The number of benzene rings is 2. The van der Waals surface area contributed by atoms with E-state index in [-0.39, 0.29) is 17.6 Å². The van der Waals surface area contributed by atoms with Crippen molar-refractivity contribution < 1.29 is 4.79 Å². The van der Waals surface area contributed by atoms with Gasteiger partial charge >= 0.3 is 0 Å². The molecule has 1 N–H and O–H groups in total. The number of anilines is 1. The van der Waals surface area contributed by atoms with Gasteiger partial charge in [0.25, 0.3) is 5.91 Å². The molecule has 6 nitrogen and oxygen atoms in total. The van der Waals surface area contributed by atoms with Crippen molar-refractivity contribution in [3.8, 4) is 0 Å². The first-order valence-electron chi connectivity index (χ1n) is 8.33. The third-order valence-corrected chi connectivity index (χ3v) is 4.29. The molecule has 0 bridgehead atoms. The molecule has 0 fully saturated rings. The minimum absolute atomic E-state index is 0.000701. The molecule has 2 aromatic carbocycles. The molecular weight excluding hydrogens is 326 g/mol. The van der Waals surface area contributed by atoms with Gasteiger partial charge < -0.3 is 4.57 Å². The molecule has 1 unspecified atom stereocenters. The summed E-state index contributed by atoms with van der Waals surface area (Å²) < 4.78 is 2.03. The fraction of sp³-hybridized carbons (Fsp3) is 0.100. The van der Waals surface area contributed by atoms with Crippen molar-refractivity contribution in [1.82, 2.24) is 19.5 Å². The summed E-state index contributed by atoms with van der Waals surface area (Å²) in [6, 6.07) is 17.9. The van der Waals surface area contributed by atoms with E-state index in [4.69, 9.17) is 0 Å². The Labute approximate surface area is 150 Å². The fourth-order valence-corrected chi connectivity index (χ4v) is 2.99. The van der Waals surface area contributed by atoms with E-state index in [2.05, 4.69) is 39.3 Å². The number of fused-ring (bicyclic) bond motifs is 1. The zero-order valence-corrected chi connectivity index (χ0v) is 14.2. The lowest BCUT2D eigenvalue weighted by Crippen LogP contribution is -2.19. The average molecular weight is 343 g/mol. The number of carbonyl (C=O) groups excluding carboxylic acids is 1. The van der Waals surface area contributed by atoms with Crippen LogP contribution >= 0.6 is 0 Å². The van der Waals surface area contributed by atoms with Crippen LogP contribution in [0, 0.1) is 0 Å². The van der Waals surface area contributed by atoms with Crippen LogP contribution < -0.4 is 5.32 Å². The summed E-state index contributed by atoms with van der Waals surface area (Å²) in [6.45, 7) is 2.08. The maximum atomic E-state index is 12.5. The number of carbonyl (C=O) groups is 1. The summed E-state index contributed by atoms with van der Waals surface area (Å²) >= 11 is 0. The minimum atomic E-state index is -0.338. The zero-order chi connectivity index (χ0) is 17.9. The molecule has 2 aromatic heterocycles. The molecule has 0 spiro atoms. The van der Waals surface area contributed by atoms with Crippen LogP contribution in [0.1, 0.15) is 29.0 Å². The quantitative estimate of drug-likeness (QED) is 0.613. The first kappa shape index (κ1) is 16.0. The second kappa shape index (κ2) is 6.76. The Morgan fingerprint density at radius 2 is 1.81 bits per heavy atom. The standard InChI is InChI=1S/C20H17N5O/c1-14(15-7-3-2-4-8-15)25-18-10-6-5-9-16(18)23-20(25)24-19(26)17-13-21-11-12-22-17/h2-14H,1H3,(H,23,24,26). The van der Waals surface area contributed by atoms with Crippen molar-refractivity contribution in [3.05, 3.63) is 84.4 Å². The summed E-state index contributed by atoms with van der Waals surface area (Å²) in [6.07, 6.45) is 4.46. The fourth-order valence-electron chi connectivity index (χ4n) is 2.99. The lowest BCUT2D eigenvalue weighted by molar-refractivity contribution is 0.102. The van der Waals surface area contributed by atoms with E-state index in [1.165, 1.54) is 18.6 Å². The Morgan fingerprint density at radius 3 is 2.58 bits per heavy atom. The second-order valence-corrected chi connectivity index (χ2v) is 5.93. The number of nitrogens with zero attached hydrogens (tertiary/aromatic N) is 4. The molecule has 0 aliphatic carbocycles. The van der Waals surface area contributed by atoms with Crippen LogP contribution in [0.3, 0.4) is 0 Å². The molecular formula is C20H17N5O. The van der Waals surface area contributed by atoms with Gasteiger partial charge in [-0.2, -0.15) is 0 Å². The van der Waals surface area contributed by atoms with E-state index in [9.17, 15) is 4.79 Å². The van der Waals surface area contributed by atoms with Gasteiger partial charge in [0, 0.05) is 12.4 Å². The van der Waals surface area contributed by atoms with Crippen LogP contribution in [0.5, 0.6) is 0 Å². The largest absolute Gasteiger partial charge is 0.303 e. The second-order valence-electron chi connectivity index (χ2n) is 5.93. The molecule has 0 saturated heterocycles. The number of amides is 1. The summed E-state index contributed by atoms with van der Waals surface area (Å²) in [7, 11) is 0. The normalized spacial score (nSPS) is 12.0. The molecule has 2 heterocycles. The lowest BCUT2D eigenvalue weighted by atomic mass is 10.1. The van der Waals surface area contributed by atoms with Crippen LogP contribution in [-0.4, -0.2) is 25.4 Å². The van der Waals surface area contributed by atoms with E-state index in [1.807, 2.05) is 47.0 Å². The highest BCUT2D eigenvalue weighted by Gasteiger charge is 2.19. The van der Waals surface area contributed by atoms with Crippen LogP contribution in [0.15, 0.2) is 73.2 Å². The topological polar surface area (TPSA) is 72.7 Å². The number of imidazole rings is 1. The molecule has 26 heavy (non-hydrogen) atoms. The van der Waals surface area contributed by atoms with Crippen LogP contribution in [0.25, 0.3) is 11.0 Å². The van der Waals surface area contributed by atoms with Crippen molar-refractivity contribution >= 4 is 22.9 Å². The highest BCUT2D eigenvalue weighted by Crippen LogP contribution is 2.28. The maximum absolute atomic E-state index is 12.5. The van der Waals surface area contributed by atoms with Crippen molar-refractivity contribution in [2.24, 2.45) is 0 Å². The van der Waals surface area contributed by atoms with E-state index in [0.29, 0.717) is 5.95 Å². The highest BCUT2D eigenvalue weighted by molar-refractivity contribution is 6.02. The van der Waals surface area contributed by atoms with Gasteiger partial charge in [0.2, 0.25) is 5.95 Å². The Morgan fingerprint density at radius 1 is 1.04 bits per heavy atom. The van der Waals surface area contributed by atoms with Crippen molar-refractivity contribution in [3.63, 3.8) is 0 Å². The summed E-state index contributed by atoms with van der Waals surface area (Å²) in [5.41, 5.74) is 3.16. The third-order valence-electron chi connectivity index (χ3n) is 4.29. The number of nitrogens with one attached hydrogen (secondary N) is 1. The number of hydrogen-bond acceptors (Lipinski definition) is 4. The minimum Gasteiger partial charge on any atom is -0.303 e. The summed E-state index contributed by atoms with van der Waals surface area (Å²) in [5.74, 6) is 0.146. The predicted molar refractivity (Wildman–Crippen MR) is 100.0 cm³/mol. The molecule has 0 aliphatic heterocycles. The van der Waals surface area contributed by atoms with Crippen LogP contribution in [-0.2, 0) is 0 Å². The van der Waals surface area contributed by atoms with E-state index < -0.39 is 0 Å². The van der Waals surface area contributed by atoms with Crippen molar-refractivity contribution in [2.75, 3.05) is 5.32 Å². The Bertz CT molecular complexity index is 1040. The average Bonchev–Trinajstić information content (AvgIpc) is 3.06. The molecule has 1 amide bonds. The Kier molecular flexibility index (Phi) is 4.15. The van der Waals surface area contributed by atoms with Gasteiger partial charge in [-0.1, -0.05) is 42.5 Å². The van der Waals surface area contributed by atoms with Crippen molar-refractivity contribution in [1.29, 1.82) is 0 Å². The molecule has 0 aliphatic rings. The Hall–Kier alpha value is -3.54. The van der Waals surface area contributed by atoms with Gasteiger partial charge in [-0.3, -0.25) is 15.1 Å². The smallest absolute Gasteiger partial charge is 0.278 e. The molecule has 1 atom stereocenters. The number of rotatable bonds is 4. The molecule has 0 radical (unpaired) electrons. The third kappa shape index (κ3) is 2.93. The van der Waals surface area contributed by atoms with Gasteiger partial charge in [0.15, 0.2) is 0 Å². The maximum Gasteiger partial charge on any atom is 0.278 e. The first-order valence-corrected chi connectivity index (χ1v) is 8.33. The summed E-state index contributed by atoms with van der Waals surface area (Å²) in [5, 5.41) is 2.88. The van der Waals surface area contributed by atoms with Gasteiger partial charge in [0.1, 0.15) is 5.69 Å². The number of aromatic nitrogens is 4. The molecule has 4 rings (SSSR count). The van der Waals surface area contributed by atoms with Gasteiger partial charge in [-0.05, 0) is 24.6 Å². The van der Waals surface area contributed by atoms with Gasteiger partial charge in [0.05, 0.1) is 23.3 Å². The zero-order valence-electron chi connectivity index (χ0n) is 14.2. The lowest BCUT2D eigenvalue weighted by Gasteiger charge is -2.18. The van der Waals surface area contributed by atoms with Crippen LogP contribution in [0.4, 0.5) is 5.95 Å². The van der Waals surface area contributed by atoms with Crippen LogP contribution in [0.2, 0.25) is 0 Å². The molecule has 0 saturated carbocycles. The number of para-hydroxylation sites is 2. The molecule has 4 aromatic rings. The Balaban J connectivity index is 1.78. The number of hydrogen-bond donors (Lipinski definition) is 1. The van der Waals surface area contributed by atoms with E-state index in [1.54, 1.807) is 0 Å². The van der Waals surface area contributed by atoms with Gasteiger partial charge in [-0.15, -0.1) is 0 Å². The van der Waals surface area contributed by atoms with E-state index in [0.717, 1.165) is 16.6 Å². The first-order chi connectivity index (χ1) is 12.7. The highest BCUT2D eigenvalue weighted by atomic mass is 16.2. The summed E-state index contributed by atoms with van der Waals surface area (Å²) in [4.78, 5) is 25.1.